The van der Waals surface area contributed by atoms with Gasteiger partial charge in [-0.1, -0.05) is 53.7 Å². The maximum Gasteiger partial charge on any atom is 0.283 e. The molecule has 0 aliphatic rings. The van der Waals surface area contributed by atoms with Gasteiger partial charge < -0.3 is 5.32 Å². The smallest absolute Gasteiger partial charge is 0.283 e. The van der Waals surface area contributed by atoms with Gasteiger partial charge in [0.25, 0.3) is 11.6 Å². The Morgan fingerprint density at radius 1 is 1.09 bits per heavy atom. The first-order valence-corrected chi connectivity index (χ1v) is 11.1. The number of carbonyl (C=O) groups excluding carboxylic acids is 1. The number of nitrogens with one attached hydrogen (secondary N) is 1. The first kappa shape index (κ1) is 23.0. The van der Waals surface area contributed by atoms with Crippen LogP contribution in [0, 0.1) is 21.4 Å². The van der Waals surface area contributed by atoms with E-state index in [2.05, 4.69) is 10.3 Å². The number of aromatic nitrogens is 1. The van der Waals surface area contributed by atoms with Gasteiger partial charge in [-0.2, -0.15) is 5.26 Å². The molecule has 9 heteroatoms. The summed E-state index contributed by atoms with van der Waals surface area (Å²) in [6, 6.07) is 22.3. The summed E-state index contributed by atoms with van der Waals surface area (Å²) in [6.45, 7) is 0. The third-order valence-electron chi connectivity index (χ3n) is 4.75. The van der Waals surface area contributed by atoms with E-state index in [1.165, 1.54) is 23.9 Å². The molecule has 0 radical (unpaired) electrons. The number of nitro benzene ring substituents is 1. The largest absolute Gasteiger partial charge is 0.321 e. The molecule has 4 rings (SSSR count). The zero-order chi connectivity index (χ0) is 24.1. The van der Waals surface area contributed by atoms with E-state index >= 15 is 0 Å². The molecule has 0 fully saturated rings. The lowest BCUT2D eigenvalue weighted by molar-refractivity contribution is -0.387. The summed E-state index contributed by atoms with van der Waals surface area (Å²) in [7, 11) is 0. The van der Waals surface area contributed by atoms with Crippen LogP contribution < -0.4 is 5.32 Å². The molecule has 4 aromatic rings. The summed E-state index contributed by atoms with van der Waals surface area (Å²) in [4.78, 5) is 29.4. The van der Waals surface area contributed by atoms with Crippen LogP contribution in [0.5, 0.6) is 0 Å². The molecule has 7 nitrogen and oxygen atoms in total. The molecule has 1 aromatic heterocycles. The Labute approximate surface area is 203 Å². The van der Waals surface area contributed by atoms with Gasteiger partial charge in [0.1, 0.15) is 11.6 Å². The van der Waals surface area contributed by atoms with Gasteiger partial charge in [-0.3, -0.25) is 19.9 Å². The molecule has 0 bridgehead atoms. The van der Waals surface area contributed by atoms with Crippen LogP contribution in [-0.4, -0.2) is 15.8 Å². The highest BCUT2D eigenvalue weighted by atomic mass is 35.5. The first-order chi connectivity index (χ1) is 16.4. The summed E-state index contributed by atoms with van der Waals surface area (Å²) >= 11 is 7.16. The van der Waals surface area contributed by atoms with Crippen LogP contribution in [0.1, 0.15) is 5.56 Å². The highest BCUT2D eigenvalue weighted by molar-refractivity contribution is 7.99. The van der Waals surface area contributed by atoms with Crippen LogP contribution in [-0.2, 0) is 4.79 Å². The van der Waals surface area contributed by atoms with E-state index in [0.717, 1.165) is 15.8 Å². The van der Waals surface area contributed by atoms with Gasteiger partial charge in [-0.05, 0) is 48.0 Å². The van der Waals surface area contributed by atoms with Gasteiger partial charge in [-0.15, -0.1) is 0 Å². The first-order valence-electron chi connectivity index (χ1n) is 9.93. The van der Waals surface area contributed by atoms with E-state index in [9.17, 15) is 20.2 Å². The average molecular weight is 487 g/mol. The van der Waals surface area contributed by atoms with Crippen LogP contribution in [0.25, 0.3) is 17.0 Å². The molecule has 1 heterocycles. The number of hydrogen-bond donors (Lipinski definition) is 1. The van der Waals surface area contributed by atoms with Crippen molar-refractivity contribution in [1.29, 1.82) is 5.26 Å². The van der Waals surface area contributed by atoms with Crippen molar-refractivity contribution < 1.29 is 9.72 Å². The monoisotopic (exact) mass is 486 g/mol. The van der Waals surface area contributed by atoms with Crippen LogP contribution in [0.3, 0.4) is 0 Å². The Morgan fingerprint density at radius 2 is 1.88 bits per heavy atom. The number of nitrogens with zero attached hydrogens (tertiary/aromatic N) is 3. The fraction of sp³-hybridized carbons (Fsp3) is 0. The van der Waals surface area contributed by atoms with Crippen LogP contribution in [0.15, 0.2) is 94.4 Å². The number of nitro groups is 1. The van der Waals surface area contributed by atoms with E-state index in [4.69, 9.17) is 11.6 Å². The van der Waals surface area contributed by atoms with Crippen molar-refractivity contribution in [2.45, 2.75) is 9.79 Å². The highest BCUT2D eigenvalue weighted by Gasteiger charge is 2.18. The molecule has 0 spiro atoms. The number of para-hydroxylation sites is 1. The second-order valence-electron chi connectivity index (χ2n) is 7.05. The molecular weight excluding hydrogens is 472 g/mol. The second kappa shape index (κ2) is 10.2. The fourth-order valence-electron chi connectivity index (χ4n) is 3.21. The maximum atomic E-state index is 12.5. The number of benzene rings is 3. The zero-order valence-electron chi connectivity index (χ0n) is 17.4. The Balaban J connectivity index is 1.64. The number of pyridine rings is 1. The molecule has 34 heavy (non-hydrogen) atoms. The number of amides is 1. The minimum Gasteiger partial charge on any atom is -0.321 e. The lowest BCUT2D eigenvalue weighted by atomic mass is 10.1. The maximum absolute atomic E-state index is 12.5. The van der Waals surface area contributed by atoms with Gasteiger partial charge in [0, 0.05) is 33.3 Å². The van der Waals surface area contributed by atoms with Crippen molar-refractivity contribution >= 4 is 57.6 Å². The number of rotatable bonds is 6. The van der Waals surface area contributed by atoms with Crippen molar-refractivity contribution in [2.24, 2.45) is 0 Å². The molecule has 166 valence electrons. The quantitative estimate of drug-likeness (QED) is 0.144. The summed E-state index contributed by atoms with van der Waals surface area (Å²) in [5, 5.41) is 25.2. The fourth-order valence-corrected chi connectivity index (χ4v) is 4.43. The lowest BCUT2D eigenvalue weighted by Crippen LogP contribution is -2.13. The molecule has 0 saturated heterocycles. The predicted molar refractivity (Wildman–Crippen MR) is 133 cm³/mol. The van der Waals surface area contributed by atoms with Crippen LogP contribution in [0.2, 0.25) is 5.02 Å². The Bertz CT molecular complexity index is 1490. The minimum absolute atomic E-state index is 0.140. The highest BCUT2D eigenvalue weighted by Crippen LogP contribution is 2.38. The van der Waals surface area contributed by atoms with E-state index in [0.29, 0.717) is 21.2 Å². The SMILES string of the molecule is N#C/C(=C\c1ccc(Sc2cccc3cccnc23)c([N+](=O)[O-])c1)C(=O)Nc1cccc(Cl)c1. The van der Waals surface area contributed by atoms with E-state index < -0.39 is 10.8 Å². The van der Waals surface area contributed by atoms with Crippen LogP contribution in [0.4, 0.5) is 11.4 Å². The standard InChI is InChI=1S/C25H15ClN4O3S/c26-19-6-2-7-20(14-19)29-25(31)18(15-27)12-16-9-10-22(21(13-16)30(32)33)34-23-8-1-4-17-5-3-11-28-24(17)23/h1-14H,(H,29,31)/b18-12+. The van der Waals surface area contributed by atoms with Crippen molar-refractivity contribution in [3.63, 3.8) is 0 Å². The molecule has 1 N–H and O–H groups in total. The summed E-state index contributed by atoms with van der Waals surface area (Å²) in [5.74, 6) is -0.646. The summed E-state index contributed by atoms with van der Waals surface area (Å²) < 4.78 is 0. The molecule has 0 aliphatic heterocycles. The average Bonchev–Trinajstić information content (AvgIpc) is 2.83. The number of fused-ring (bicyclic) bond motifs is 1. The third-order valence-corrected chi connectivity index (χ3v) is 6.10. The van der Waals surface area contributed by atoms with Crippen molar-refractivity contribution in [1.82, 2.24) is 4.98 Å². The van der Waals surface area contributed by atoms with Gasteiger partial charge in [0.2, 0.25) is 0 Å². The van der Waals surface area contributed by atoms with Crippen molar-refractivity contribution in [2.75, 3.05) is 5.32 Å². The summed E-state index contributed by atoms with van der Waals surface area (Å²) in [6.07, 6.45) is 2.98. The number of halogens is 1. The Morgan fingerprint density at radius 3 is 2.65 bits per heavy atom. The van der Waals surface area contributed by atoms with Gasteiger partial charge in [-0.25, -0.2) is 0 Å². The summed E-state index contributed by atoms with van der Waals surface area (Å²) in [5.41, 5.74) is 1.19. The predicted octanol–water partition coefficient (Wildman–Crippen LogP) is 6.49. The molecule has 1 amide bonds. The third kappa shape index (κ3) is 5.23. The Kier molecular flexibility index (Phi) is 6.87. The second-order valence-corrected chi connectivity index (χ2v) is 8.57. The molecular formula is C25H15ClN4O3S. The molecule has 0 aliphatic carbocycles. The van der Waals surface area contributed by atoms with Crippen molar-refractivity contribution in [3.05, 3.63) is 105 Å². The molecule has 0 unspecified atom stereocenters. The number of hydrogen-bond acceptors (Lipinski definition) is 6. The Hall–Kier alpha value is -4.19. The topological polar surface area (TPSA) is 109 Å². The minimum atomic E-state index is -0.646. The van der Waals surface area contributed by atoms with E-state index in [1.54, 1.807) is 42.6 Å². The lowest BCUT2D eigenvalue weighted by Gasteiger charge is -2.07. The van der Waals surface area contributed by atoms with Gasteiger partial charge in [0.05, 0.1) is 15.3 Å². The van der Waals surface area contributed by atoms with Gasteiger partial charge in [0.15, 0.2) is 0 Å². The van der Waals surface area contributed by atoms with E-state index in [-0.39, 0.29) is 11.3 Å². The molecule has 0 saturated carbocycles. The number of nitriles is 1. The number of carbonyl (C=O) groups is 1. The van der Waals surface area contributed by atoms with E-state index in [1.807, 2.05) is 36.4 Å². The number of anilines is 1. The molecule has 0 atom stereocenters. The van der Waals surface area contributed by atoms with Crippen molar-refractivity contribution in [3.8, 4) is 6.07 Å². The zero-order valence-corrected chi connectivity index (χ0v) is 19.0. The normalized spacial score (nSPS) is 11.1. The van der Waals surface area contributed by atoms with Gasteiger partial charge >= 0.3 is 0 Å². The van der Waals surface area contributed by atoms with Crippen LogP contribution >= 0.6 is 23.4 Å². The molecule has 3 aromatic carbocycles.